The third kappa shape index (κ3) is 4.87. The molecule has 3 nitrogen and oxygen atoms in total. The van der Waals surface area contributed by atoms with Gasteiger partial charge < -0.3 is 10.1 Å². The molecule has 1 aromatic rings. The van der Waals surface area contributed by atoms with Crippen molar-refractivity contribution in [3.05, 3.63) is 29.8 Å². The number of carbonyl (C=O) groups is 1. The van der Waals surface area contributed by atoms with Gasteiger partial charge in [0.15, 0.2) is 6.61 Å². The molecule has 1 amide bonds. The molecule has 1 aromatic carbocycles. The lowest BCUT2D eigenvalue weighted by molar-refractivity contribution is -0.123. The lowest BCUT2D eigenvalue weighted by Gasteiger charge is -2.17. The zero-order valence-corrected chi connectivity index (χ0v) is 13.1. The van der Waals surface area contributed by atoms with E-state index in [1.165, 1.54) is 5.56 Å². The molecule has 0 aromatic heterocycles. The van der Waals surface area contributed by atoms with Crippen LogP contribution < -0.4 is 10.1 Å². The van der Waals surface area contributed by atoms with E-state index in [-0.39, 0.29) is 18.6 Å². The average molecular weight is 277 g/mol. The third-order valence-electron chi connectivity index (χ3n) is 3.77. The first-order valence-corrected chi connectivity index (χ1v) is 7.63. The van der Waals surface area contributed by atoms with Crippen LogP contribution in [0.5, 0.6) is 5.75 Å². The smallest absolute Gasteiger partial charge is 0.258 e. The number of ether oxygens (including phenoxy) is 1. The van der Waals surface area contributed by atoms with E-state index in [1.807, 2.05) is 18.2 Å². The van der Waals surface area contributed by atoms with Crippen molar-refractivity contribution in [1.82, 2.24) is 5.32 Å². The highest BCUT2D eigenvalue weighted by atomic mass is 16.5. The quantitative estimate of drug-likeness (QED) is 0.783. The van der Waals surface area contributed by atoms with Crippen molar-refractivity contribution in [3.8, 4) is 5.75 Å². The van der Waals surface area contributed by atoms with Crippen LogP contribution in [0.4, 0.5) is 0 Å². The van der Waals surface area contributed by atoms with Gasteiger partial charge in [0.2, 0.25) is 0 Å². The van der Waals surface area contributed by atoms with Crippen LogP contribution in [0.3, 0.4) is 0 Å². The Balaban J connectivity index is 2.59. The minimum absolute atomic E-state index is 0.0438. The minimum atomic E-state index is -0.0438. The van der Waals surface area contributed by atoms with Crippen molar-refractivity contribution in [3.63, 3.8) is 0 Å². The van der Waals surface area contributed by atoms with Gasteiger partial charge >= 0.3 is 0 Å². The molecule has 0 heterocycles. The maximum Gasteiger partial charge on any atom is 0.258 e. The van der Waals surface area contributed by atoms with Crippen molar-refractivity contribution >= 4 is 5.91 Å². The van der Waals surface area contributed by atoms with E-state index in [1.54, 1.807) is 0 Å². The Kier molecular flexibility index (Phi) is 7.13. The van der Waals surface area contributed by atoms with E-state index >= 15 is 0 Å². The summed E-state index contributed by atoms with van der Waals surface area (Å²) in [5, 5.41) is 2.99. The molecule has 0 bridgehead atoms. The Bertz CT molecular complexity index is 413. The summed E-state index contributed by atoms with van der Waals surface area (Å²) in [7, 11) is 0. The molecule has 0 saturated heterocycles. The van der Waals surface area contributed by atoms with Crippen LogP contribution in [-0.4, -0.2) is 18.6 Å². The Morgan fingerprint density at radius 3 is 2.40 bits per heavy atom. The van der Waals surface area contributed by atoms with Crippen LogP contribution in [-0.2, 0) is 4.79 Å². The molecule has 0 aliphatic carbocycles. The monoisotopic (exact) mass is 277 g/mol. The van der Waals surface area contributed by atoms with Gasteiger partial charge in [-0.15, -0.1) is 0 Å². The Morgan fingerprint density at radius 2 is 1.80 bits per heavy atom. The number of para-hydroxylation sites is 1. The first-order valence-electron chi connectivity index (χ1n) is 7.63. The first kappa shape index (κ1) is 16.5. The Labute approximate surface area is 122 Å². The van der Waals surface area contributed by atoms with E-state index < -0.39 is 0 Å². The molecule has 0 radical (unpaired) electrons. The molecule has 0 aliphatic rings. The van der Waals surface area contributed by atoms with Gasteiger partial charge in [-0.1, -0.05) is 45.9 Å². The maximum absolute atomic E-state index is 11.9. The van der Waals surface area contributed by atoms with Crippen LogP contribution in [0.25, 0.3) is 0 Å². The molecular weight excluding hydrogens is 250 g/mol. The molecular formula is C17H27NO2. The van der Waals surface area contributed by atoms with Gasteiger partial charge in [-0.2, -0.15) is 0 Å². The van der Waals surface area contributed by atoms with E-state index in [0.717, 1.165) is 25.0 Å². The number of carbonyl (C=O) groups excluding carboxylic acids is 1. The summed E-state index contributed by atoms with van der Waals surface area (Å²) in [5.74, 6) is 1.22. The fourth-order valence-corrected chi connectivity index (χ4v) is 2.14. The standard InChI is InChI=1S/C17H27NO2/c1-5-13(4)15-10-8-9-11-16(15)20-12-17(19)18-14(6-2)7-3/h8-11,13-14H,5-7,12H2,1-4H3,(H,18,19). The van der Waals surface area contributed by atoms with Gasteiger partial charge in [0.25, 0.3) is 5.91 Å². The van der Waals surface area contributed by atoms with Crippen LogP contribution in [0, 0.1) is 0 Å². The summed E-state index contributed by atoms with van der Waals surface area (Å²) >= 11 is 0. The molecule has 1 rings (SSSR count). The van der Waals surface area contributed by atoms with E-state index in [4.69, 9.17) is 4.74 Å². The highest BCUT2D eigenvalue weighted by Gasteiger charge is 2.12. The number of hydrogen-bond acceptors (Lipinski definition) is 2. The fourth-order valence-electron chi connectivity index (χ4n) is 2.14. The zero-order valence-electron chi connectivity index (χ0n) is 13.1. The summed E-state index contributed by atoms with van der Waals surface area (Å²) in [6.45, 7) is 8.57. The number of benzene rings is 1. The molecule has 112 valence electrons. The second-order valence-electron chi connectivity index (χ2n) is 5.22. The van der Waals surface area contributed by atoms with Crippen molar-refractivity contribution in [2.24, 2.45) is 0 Å². The van der Waals surface area contributed by atoms with Gasteiger partial charge in [0, 0.05) is 6.04 Å². The molecule has 0 fully saturated rings. The van der Waals surface area contributed by atoms with E-state index in [9.17, 15) is 4.79 Å². The second-order valence-corrected chi connectivity index (χ2v) is 5.22. The first-order chi connectivity index (χ1) is 9.62. The Hall–Kier alpha value is -1.51. The van der Waals surface area contributed by atoms with Gasteiger partial charge in [-0.25, -0.2) is 0 Å². The van der Waals surface area contributed by atoms with Gasteiger partial charge in [0.1, 0.15) is 5.75 Å². The predicted molar refractivity (Wildman–Crippen MR) is 83.2 cm³/mol. The molecule has 1 N–H and O–H groups in total. The van der Waals surface area contributed by atoms with E-state index in [0.29, 0.717) is 5.92 Å². The second kappa shape index (κ2) is 8.62. The highest BCUT2D eigenvalue weighted by Crippen LogP contribution is 2.28. The summed E-state index contributed by atoms with van der Waals surface area (Å²) in [4.78, 5) is 11.9. The van der Waals surface area contributed by atoms with Gasteiger partial charge in [-0.3, -0.25) is 4.79 Å². The maximum atomic E-state index is 11.9. The highest BCUT2D eigenvalue weighted by molar-refractivity contribution is 5.77. The summed E-state index contributed by atoms with van der Waals surface area (Å²) in [6, 6.07) is 8.21. The van der Waals surface area contributed by atoms with Crippen molar-refractivity contribution < 1.29 is 9.53 Å². The number of rotatable bonds is 8. The van der Waals surface area contributed by atoms with Gasteiger partial charge in [0.05, 0.1) is 0 Å². The minimum Gasteiger partial charge on any atom is -0.483 e. The zero-order chi connectivity index (χ0) is 15.0. The summed E-state index contributed by atoms with van der Waals surface area (Å²) in [5.41, 5.74) is 1.17. The Morgan fingerprint density at radius 1 is 1.15 bits per heavy atom. The third-order valence-corrected chi connectivity index (χ3v) is 3.77. The lowest BCUT2D eigenvalue weighted by atomic mass is 9.98. The fraction of sp³-hybridized carbons (Fsp3) is 0.588. The molecule has 0 saturated carbocycles. The van der Waals surface area contributed by atoms with Crippen LogP contribution in [0.1, 0.15) is 58.4 Å². The summed E-state index contributed by atoms with van der Waals surface area (Å²) in [6.07, 6.45) is 2.96. The topological polar surface area (TPSA) is 38.3 Å². The number of nitrogens with one attached hydrogen (secondary N) is 1. The normalized spacial score (nSPS) is 12.2. The van der Waals surface area contributed by atoms with Crippen LogP contribution >= 0.6 is 0 Å². The van der Waals surface area contributed by atoms with Gasteiger partial charge in [-0.05, 0) is 36.8 Å². The molecule has 1 unspecified atom stereocenters. The number of hydrogen-bond donors (Lipinski definition) is 1. The van der Waals surface area contributed by atoms with Crippen molar-refractivity contribution in [2.75, 3.05) is 6.61 Å². The van der Waals surface area contributed by atoms with Crippen molar-refractivity contribution in [2.45, 2.75) is 58.9 Å². The predicted octanol–water partition coefficient (Wildman–Crippen LogP) is 3.88. The molecule has 1 atom stereocenters. The molecule has 20 heavy (non-hydrogen) atoms. The largest absolute Gasteiger partial charge is 0.483 e. The SMILES string of the molecule is CCC(CC)NC(=O)COc1ccccc1C(C)CC. The van der Waals surface area contributed by atoms with Crippen LogP contribution in [0.2, 0.25) is 0 Å². The average Bonchev–Trinajstić information content (AvgIpc) is 2.50. The van der Waals surface area contributed by atoms with E-state index in [2.05, 4.69) is 39.1 Å². The lowest BCUT2D eigenvalue weighted by Crippen LogP contribution is -2.37. The van der Waals surface area contributed by atoms with Crippen molar-refractivity contribution in [1.29, 1.82) is 0 Å². The molecule has 3 heteroatoms. The number of amides is 1. The summed E-state index contributed by atoms with van der Waals surface area (Å²) < 4.78 is 5.70. The van der Waals surface area contributed by atoms with Crippen LogP contribution in [0.15, 0.2) is 24.3 Å². The molecule has 0 spiro atoms. The molecule has 0 aliphatic heterocycles.